The van der Waals surface area contributed by atoms with Crippen molar-refractivity contribution in [2.45, 2.75) is 26.2 Å². The molecule has 0 aliphatic carbocycles. The zero-order valence-electron chi connectivity index (χ0n) is 13.2. The third-order valence-electron chi connectivity index (χ3n) is 4.09. The molecule has 1 aromatic carbocycles. The summed E-state index contributed by atoms with van der Waals surface area (Å²) in [6.07, 6.45) is 5.12. The van der Waals surface area contributed by atoms with Crippen molar-refractivity contribution < 1.29 is 4.79 Å². The van der Waals surface area contributed by atoms with Gasteiger partial charge in [0.25, 0.3) is 5.91 Å². The van der Waals surface area contributed by atoms with E-state index in [1.54, 1.807) is 12.3 Å². The maximum atomic E-state index is 12.4. The Hall–Kier alpha value is -1.88. The number of benzene rings is 1. The molecule has 1 amide bonds. The molecule has 1 aromatic heterocycles. The number of likely N-dealkylation sites (tertiary alicyclic amines) is 1. The van der Waals surface area contributed by atoms with E-state index in [0.717, 1.165) is 47.3 Å². The lowest BCUT2D eigenvalue weighted by atomic mass is 10.1. The van der Waals surface area contributed by atoms with Gasteiger partial charge in [-0.15, -0.1) is 0 Å². The molecule has 0 unspecified atom stereocenters. The van der Waals surface area contributed by atoms with E-state index in [1.807, 2.05) is 23.1 Å². The number of anilines is 2. The lowest BCUT2D eigenvalue weighted by molar-refractivity contribution is 0.0718. The van der Waals surface area contributed by atoms with Crippen molar-refractivity contribution in [1.82, 2.24) is 9.88 Å². The predicted molar refractivity (Wildman–Crippen MR) is 96.2 cm³/mol. The fraction of sp³-hybridized carbons (Fsp3) is 0.333. The van der Waals surface area contributed by atoms with Gasteiger partial charge in [-0.1, -0.05) is 15.9 Å². The van der Waals surface area contributed by atoms with E-state index in [4.69, 9.17) is 0 Å². The molecule has 1 fully saturated rings. The average Bonchev–Trinajstić information content (AvgIpc) is 2.58. The van der Waals surface area contributed by atoms with Gasteiger partial charge >= 0.3 is 0 Å². The molecule has 0 bridgehead atoms. The SMILES string of the molecule is Cc1cc(Br)ccc1Nc1ccc(C(=O)N2CCCCC2)nc1. The number of rotatable bonds is 3. The van der Waals surface area contributed by atoms with E-state index in [9.17, 15) is 4.79 Å². The standard InChI is InChI=1S/C18H20BrN3O/c1-13-11-14(19)5-7-16(13)21-15-6-8-17(20-12-15)18(23)22-9-3-2-4-10-22/h5-8,11-12,21H,2-4,9-10H2,1H3. The molecule has 0 atom stereocenters. The molecule has 0 saturated carbocycles. The third-order valence-corrected chi connectivity index (χ3v) is 4.59. The number of amides is 1. The highest BCUT2D eigenvalue weighted by Gasteiger charge is 2.18. The smallest absolute Gasteiger partial charge is 0.272 e. The van der Waals surface area contributed by atoms with Gasteiger partial charge in [-0.05, 0) is 62.1 Å². The lowest BCUT2D eigenvalue weighted by Gasteiger charge is -2.26. The summed E-state index contributed by atoms with van der Waals surface area (Å²) in [5.41, 5.74) is 3.58. The van der Waals surface area contributed by atoms with E-state index in [0.29, 0.717) is 5.69 Å². The number of carbonyl (C=O) groups excluding carboxylic acids is 1. The van der Waals surface area contributed by atoms with E-state index in [2.05, 4.69) is 39.2 Å². The van der Waals surface area contributed by atoms with Crippen LogP contribution in [0.2, 0.25) is 0 Å². The van der Waals surface area contributed by atoms with Crippen LogP contribution in [0, 0.1) is 6.92 Å². The van der Waals surface area contributed by atoms with Crippen LogP contribution in [0.15, 0.2) is 41.0 Å². The third kappa shape index (κ3) is 3.91. The topological polar surface area (TPSA) is 45.2 Å². The number of carbonyl (C=O) groups is 1. The van der Waals surface area contributed by atoms with Crippen molar-refractivity contribution in [2.75, 3.05) is 18.4 Å². The summed E-state index contributed by atoms with van der Waals surface area (Å²) in [7, 11) is 0. The monoisotopic (exact) mass is 373 g/mol. The van der Waals surface area contributed by atoms with Crippen molar-refractivity contribution in [3.63, 3.8) is 0 Å². The molecule has 0 spiro atoms. The summed E-state index contributed by atoms with van der Waals surface area (Å²) < 4.78 is 1.06. The molecule has 1 aliphatic heterocycles. The number of aryl methyl sites for hydroxylation is 1. The molecular formula is C18H20BrN3O. The van der Waals surface area contributed by atoms with Crippen LogP contribution in [-0.2, 0) is 0 Å². The van der Waals surface area contributed by atoms with Gasteiger partial charge in [0.1, 0.15) is 5.69 Å². The second-order valence-electron chi connectivity index (χ2n) is 5.87. The van der Waals surface area contributed by atoms with Gasteiger partial charge < -0.3 is 10.2 Å². The maximum Gasteiger partial charge on any atom is 0.272 e. The Kier molecular flexibility index (Phi) is 4.96. The summed E-state index contributed by atoms with van der Waals surface area (Å²) in [5, 5.41) is 3.34. The summed E-state index contributed by atoms with van der Waals surface area (Å²) in [4.78, 5) is 18.6. The fourth-order valence-electron chi connectivity index (χ4n) is 2.78. The van der Waals surface area contributed by atoms with Crippen molar-refractivity contribution in [3.8, 4) is 0 Å². The van der Waals surface area contributed by atoms with Gasteiger partial charge in [-0.25, -0.2) is 4.98 Å². The van der Waals surface area contributed by atoms with Crippen LogP contribution in [0.3, 0.4) is 0 Å². The Balaban J connectivity index is 1.70. The van der Waals surface area contributed by atoms with Gasteiger partial charge in [0.2, 0.25) is 0 Å². The summed E-state index contributed by atoms with van der Waals surface area (Å²) in [6, 6.07) is 9.78. The van der Waals surface area contributed by atoms with Crippen LogP contribution >= 0.6 is 15.9 Å². The zero-order valence-corrected chi connectivity index (χ0v) is 14.8. The van der Waals surface area contributed by atoms with E-state index in [-0.39, 0.29) is 5.91 Å². The van der Waals surface area contributed by atoms with E-state index in [1.165, 1.54) is 6.42 Å². The van der Waals surface area contributed by atoms with Crippen molar-refractivity contribution >= 4 is 33.2 Å². The number of nitrogens with one attached hydrogen (secondary N) is 1. The van der Waals surface area contributed by atoms with Crippen LogP contribution in [-0.4, -0.2) is 28.9 Å². The van der Waals surface area contributed by atoms with Crippen LogP contribution < -0.4 is 5.32 Å². The Morgan fingerprint density at radius 1 is 1.17 bits per heavy atom. The first kappa shape index (κ1) is 16.0. The van der Waals surface area contributed by atoms with Crippen LogP contribution in [0.4, 0.5) is 11.4 Å². The molecule has 120 valence electrons. The average molecular weight is 374 g/mol. The first-order valence-electron chi connectivity index (χ1n) is 7.92. The number of pyridine rings is 1. The number of hydrogen-bond acceptors (Lipinski definition) is 3. The molecule has 1 N–H and O–H groups in total. The van der Waals surface area contributed by atoms with Crippen molar-refractivity contribution in [1.29, 1.82) is 0 Å². The highest BCUT2D eigenvalue weighted by atomic mass is 79.9. The van der Waals surface area contributed by atoms with Crippen LogP contribution in [0.1, 0.15) is 35.3 Å². The Morgan fingerprint density at radius 2 is 1.96 bits per heavy atom. The summed E-state index contributed by atoms with van der Waals surface area (Å²) >= 11 is 3.46. The number of halogens is 1. The van der Waals surface area contributed by atoms with Gasteiger partial charge in [0.15, 0.2) is 0 Å². The molecule has 1 aliphatic rings. The van der Waals surface area contributed by atoms with E-state index < -0.39 is 0 Å². The first-order valence-corrected chi connectivity index (χ1v) is 8.71. The fourth-order valence-corrected chi connectivity index (χ4v) is 3.25. The van der Waals surface area contributed by atoms with Crippen LogP contribution in [0.5, 0.6) is 0 Å². The molecule has 2 aromatic rings. The molecular weight excluding hydrogens is 354 g/mol. The lowest BCUT2D eigenvalue weighted by Crippen LogP contribution is -2.36. The molecule has 1 saturated heterocycles. The molecule has 2 heterocycles. The highest BCUT2D eigenvalue weighted by Crippen LogP contribution is 2.23. The summed E-state index contributed by atoms with van der Waals surface area (Å²) in [6.45, 7) is 3.74. The number of aromatic nitrogens is 1. The quantitative estimate of drug-likeness (QED) is 0.859. The minimum absolute atomic E-state index is 0.0380. The molecule has 0 radical (unpaired) electrons. The molecule has 3 rings (SSSR count). The zero-order chi connectivity index (χ0) is 16.2. The largest absolute Gasteiger partial charge is 0.354 e. The van der Waals surface area contributed by atoms with E-state index >= 15 is 0 Å². The molecule has 4 nitrogen and oxygen atoms in total. The summed E-state index contributed by atoms with van der Waals surface area (Å²) in [5.74, 6) is 0.0380. The predicted octanol–water partition coefficient (Wildman–Crippen LogP) is 4.52. The normalized spacial score (nSPS) is 14.6. The van der Waals surface area contributed by atoms with Gasteiger partial charge in [-0.2, -0.15) is 0 Å². The van der Waals surface area contributed by atoms with Gasteiger partial charge in [0, 0.05) is 23.2 Å². The highest BCUT2D eigenvalue weighted by molar-refractivity contribution is 9.10. The second kappa shape index (κ2) is 7.13. The number of nitrogens with zero attached hydrogens (tertiary/aromatic N) is 2. The Morgan fingerprint density at radius 3 is 2.61 bits per heavy atom. The number of hydrogen-bond donors (Lipinski definition) is 1. The molecule has 23 heavy (non-hydrogen) atoms. The maximum absolute atomic E-state index is 12.4. The Labute approximate surface area is 145 Å². The van der Waals surface area contributed by atoms with Crippen molar-refractivity contribution in [2.24, 2.45) is 0 Å². The molecule has 5 heteroatoms. The van der Waals surface area contributed by atoms with Gasteiger partial charge in [-0.3, -0.25) is 4.79 Å². The van der Waals surface area contributed by atoms with Crippen molar-refractivity contribution in [3.05, 3.63) is 52.3 Å². The van der Waals surface area contributed by atoms with Crippen LogP contribution in [0.25, 0.3) is 0 Å². The Bertz CT molecular complexity index is 694. The number of piperidine rings is 1. The second-order valence-corrected chi connectivity index (χ2v) is 6.78. The minimum atomic E-state index is 0.0380. The van der Waals surface area contributed by atoms with Gasteiger partial charge in [0.05, 0.1) is 11.9 Å². The first-order chi connectivity index (χ1) is 11.1. The minimum Gasteiger partial charge on any atom is -0.354 e.